The lowest BCUT2D eigenvalue weighted by Gasteiger charge is -2.20. The Balaban J connectivity index is 1.58. The molecule has 37 heavy (non-hydrogen) atoms. The number of nitrogens with one attached hydrogen (secondary N) is 2. The Morgan fingerprint density at radius 2 is 1.73 bits per heavy atom. The first-order chi connectivity index (χ1) is 17.5. The van der Waals surface area contributed by atoms with Gasteiger partial charge in [0.05, 0.1) is 16.0 Å². The third kappa shape index (κ3) is 6.95. The van der Waals surface area contributed by atoms with Gasteiger partial charge in [0, 0.05) is 17.7 Å². The van der Waals surface area contributed by atoms with Crippen molar-refractivity contribution in [2.45, 2.75) is 29.0 Å². The summed E-state index contributed by atoms with van der Waals surface area (Å²) in [7, 11) is -4.02. The molecule has 3 rings (SSSR count). The summed E-state index contributed by atoms with van der Waals surface area (Å²) in [6.07, 6.45) is 1.04. The molecule has 0 fully saturated rings. The van der Waals surface area contributed by atoms with Crippen molar-refractivity contribution in [1.82, 2.24) is 10.3 Å². The molecule has 1 heterocycles. The molecule has 2 amide bonds. The van der Waals surface area contributed by atoms with Crippen LogP contribution in [0.25, 0.3) is 0 Å². The van der Waals surface area contributed by atoms with E-state index in [4.69, 9.17) is 4.74 Å². The molecule has 1 aromatic heterocycles. The van der Waals surface area contributed by atoms with Crippen LogP contribution in [0, 0.1) is 16.0 Å². The van der Waals surface area contributed by atoms with Crippen LogP contribution in [-0.4, -0.2) is 48.8 Å². The molecule has 0 aliphatic carbocycles. The molecule has 0 bridgehead atoms. The highest BCUT2D eigenvalue weighted by Crippen LogP contribution is 2.29. The van der Waals surface area contributed by atoms with Gasteiger partial charge in [-0.25, -0.2) is 18.2 Å². The molecule has 0 aliphatic rings. The van der Waals surface area contributed by atoms with Gasteiger partial charge < -0.3 is 10.1 Å². The number of nitro benzene ring substituents is 1. The quantitative estimate of drug-likeness (QED) is 0.220. The second-order valence-electron chi connectivity index (χ2n) is 7.96. The van der Waals surface area contributed by atoms with Gasteiger partial charge in [0.2, 0.25) is 9.84 Å². The van der Waals surface area contributed by atoms with E-state index in [0.717, 1.165) is 30.5 Å². The monoisotopic (exact) mass is 546 g/mol. The minimum absolute atomic E-state index is 0.0562. The van der Waals surface area contributed by atoms with Crippen molar-refractivity contribution in [3.63, 3.8) is 0 Å². The number of benzene rings is 2. The number of thiazole rings is 1. The second-order valence-corrected chi connectivity index (χ2v) is 11.2. The van der Waals surface area contributed by atoms with Crippen LogP contribution in [0.1, 0.15) is 24.2 Å². The van der Waals surface area contributed by atoms with E-state index in [1.807, 2.05) is 0 Å². The Bertz CT molecular complexity index is 1400. The van der Waals surface area contributed by atoms with Gasteiger partial charge in [-0.2, -0.15) is 0 Å². The number of hydrogen-bond acceptors (Lipinski definition) is 10. The predicted molar refractivity (Wildman–Crippen MR) is 133 cm³/mol. The van der Waals surface area contributed by atoms with Gasteiger partial charge in [0.15, 0.2) is 11.7 Å². The normalized spacial score (nSPS) is 12.0. The maximum absolute atomic E-state index is 12.7. The highest BCUT2D eigenvalue weighted by Gasteiger charge is 2.27. The number of non-ortho nitro benzene ring substituents is 1. The predicted octanol–water partition coefficient (Wildman–Crippen LogP) is 2.82. The summed E-state index contributed by atoms with van der Waals surface area (Å²) in [5.41, 5.74) is 0.104. The third-order valence-corrected chi connectivity index (χ3v) is 8.09. The number of esters is 1. The number of anilines is 1. The highest BCUT2D eigenvalue weighted by atomic mass is 32.2. The van der Waals surface area contributed by atoms with Crippen LogP contribution in [0.3, 0.4) is 0 Å². The molecule has 0 saturated carbocycles. The lowest BCUT2D eigenvalue weighted by Crippen LogP contribution is -2.45. The Morgan fingerprint density at radius 1 is 1.08 bits per heavy atom. The van der Waals surface area contributed by atoms with Crippen molar-refractivity contribution in [2.24, 2.45) is 5.92 Å². The number of hydrogen-bond donors (Lipinski definition) is 2. The first-order valence-corrected chi connectivity index (χ1v) is 13.1. The average Bonchev–Trinajstić information content (AvgIpc) is 3.35. The van der Waals surface area contributed by atoms with E-state index in [1.54, 1.807) is 44.2 Å². The summed E-state index contributed by atoms with van der Waals surface area (Å²) in [4.78, 5) is 51.0. The molecular formula is C23H22N4O8S2. The Hall–Kier alpha value is -4.17. The molecule has 2 N–H and O–H groups in total. The van der Waals surface area contributed by atoms with Gasteiger partial charge in [0.25, 0.3) is 17.5 Å². The largest absolute Gasteiger partial charge is 0.454 e. The molecule has 14 heteroatoms. The number of carbonyl (C=O) groups is 3. The zero-order valence-corrected chi connectivity index (χ0v) is 21.2. The van der Waals surface area contributed by atoms with Crippen molar-refractivity contribution < 1.29 is 32.5 Å². The standard InChI is InChI=1S/C23H22N4O8S2/c1-14(2)20(26-21(29)15-6-4-3-5-7-15)22(30)35-13-18(28)25-23-24-12-19(36-23)37(33,34)17-10-8-16(9-11-17)27(31)32/h3-12,14,20H,13H2,1-2H3,(H,26,29)(H,24,25,28). The van der Waals surface area contributed by atoms with Crippen LogP contribution in [-0.2, 0) is 24.2 Å². The van der Waals surface area contributed by atoms with E-state index >= 15 is 0 Å². The molecular weight excluding hydrogens is 524 g/mol. The molecule has 0 radical (unpaired) electrons. The number of ether oxygens (including phenoxy) is 1. The summed E-state index contributed by atoms with van der Waals surface area (Å²) in [6, 6.07) is 11.6. The molecule has 1 unspecified atom stereocenters. The minimum atomic E-state index is -4.02. The first kappa shape index (κ1) is 27.4. The van der Waals surface area contributed by atoms with Gasteiger partial charge in [-0.05, 0) is 30.2 Å². The van der Waals surface area contributed by atoms with Crippen LogP contribution in [0.5, 0.6) is 0 Å². The lowest BCUT2D eigenvalue weighted by atomic mass is 10.0. The van der Waals surface area contributed by atoms with E-state index in [-0.39, 0.29) is 25.8 Å². The second kappa shape index (κ2) is 11.7. The number of aromatic nitrogens is 1. The van der Waals surface area contributed by atoms with E-state index in [0.29, 0.717) is 16.9 Å². The Labute approximate surface area is 215 Å². The minimum Gasteiger partial charge on any atom is -0.454 e. The molecule has 12 nitrogen and oxygen atoms in total. The Kier molecular flexibility index (Phi) is 8.68. The van der Waals surface area contributed by atoms with Crippen molar-refractivity contribution in [1.29, 1.82) is 0 Å². The van der Waals surface area contributed by atoms with Crippen LogP contribution in [0.4, 0.5) is 10.8 Å². The van der Waals surface area contributed by atoms with Crippen molar-refractivity contribution in [3.05, 3.63) is 76.5 Å². The number of nitrogens with zero attached hydrogens (tertiary/aromatic N) is 2. The molecule has 1 atom stereocenters. The van der Waals surface area contributed by atoms with E-state index in [9.17, 15) is 32.9 Å². The van der Waals surface area contributed by atoms with Gasteiger partial charge in [-0.3, -0.25) is 25.0 Å². The summed E-state index contributed by atoms with van der Waals surface area (Å²) >= 11 is 0.663. The molecule has 3 aromatic rings. The van der Waals surface area contributed by atoms with Crippen molar-refractivity contribution in [2.75, 3.05) is 11.9 Å². The van der Waals surface area contributed by atoms with Gasteiger partial charge in [0.1, 0.15) is 10.3 Å². The number of carbonyl (C=O) groups excluding carboxylic acids is 3. The van der Waals surface area contributed by atoms with Gasteiger partial charge in [-0.15, -0.1) is 0 Å². The van der Waals surface area contributed by atoms with Gasteiger partial charge in [-0.1, -0.05) is 43.4 Å². The maximum atomic E-state index is 12.7. The molecule has 2 aromatic carbocycles. The SMILES string of the molecule is CC(C)C(NC(=O)c1ccccc1)C(=O)OCC(=O)Nc1ncc(S(=O)(=O)c2ccc([N+](=O)[O-])cc2)s1. The molecule has 0 saturated heterocycles. The lowest BCUT2D eigenvalue weighted by molar-refractivity contribution is -0.384. The number of amides is 2. The van der Waals surface area contributed by atoms with Crippen LogP contribution in [0.2, 0.25) is 0 Å². The molecule has 0 aliphatic heterocycles. The summed E-state index contributed by atoms with van der Waals surface area (Å²) < 4.78 is 30.3. The fourth-order valence-electron chi connectivity index (χ4n) is 3.00. The smallest absolute Gasteiger partial charge is 0.329 e. The van der Waals surface area contributed by atoms with Crippen LogP contribution < -0.4 is 10.6 Å². The van der Waals surface area contributed by atoms with E-state index in [1.165, 1.54) is 0 Å². The average molecular weight is 547 g/mol. The molecule has 0 spiro atoms. The Morgan fingerprint density at radius 3 is 2.32 bits per heavy atom. The van der Waals surface area contributed by atoms with Crippen molar-refractivity contribution >= 4 is 49.8 Å². The third-order valence-electron chi connectivity index (χ3n) is 4.94. The topological polar surface area (TPSA) is 175 Å². The first-order valence-electron chi connectivity index (χ1n) is 10.8. The zero-order valence-electron chi connectivity index (χ0n) is 19.6. The van der Waals surface area contributed by atoms with E-state index in [2.05, 4.69) is 15.6 Å². The molecule has 194 valence electrons. The number of rotatable bonds is 10. The summed E-state index contributed by atoms with van der Waals surface area (Å²) in [5.74, 6) is -2.37. The maximum Gasteiger partial charge on any atom is 0.329 e. The summed E-state index contributed by atoms with van der Waals surface area (Å²) in [5, 5.41) is 15.7. The fraction of sp³-hybridized carbons (Fsp3) is 0.217. The van der Waals surface area contributed by atoms with Crippen LogP contribution in [0.15, 0.2) is 69.9 Å². The van der Waals surface area contributed by atoms with Gasteiger partial charge >= 0.3 is 5.97 Å². The number of nitro groups is 1. The zero-order chi connectivity index (χ0) is 27.2. The number of sulfone groups is 1. The van der Waals surface area contributed by atoms with Crippen LogP contribution >= 0.6 is 11.3 Å². The summed E-state index contributed by atoms with van der Waals surface area (Å²) in [6.45, 7) is 2.73. The van der Waals surface area contributed by atoms with E-state index < -0.39 is 45.2 Å². The highest BCUT2D eigenvalue weighted by molar-refractivity contribution is 7.93. The fourth-order valence-corrected chi connectivity index (χ4v) is 5.45. The van der Waals surface area contributed by atoms with Crippen molar-refractivity contribution in [3.8, 4) is 0 Å².